The molecule has 0 unspecified atom stereocenters. The number of benzene rings is 1. The van der Waals surface area contributed by atoms with Gasteiger partial charge in [0, 0.05) is 84.0 Å². The zero-order chi connectivity index (χ0) is 25.0. The highest BCUT2D eigenvalue weighted by molar-refractivity contribution is 7.17. The van der Waals surface area contributed by atoms with Crippen LogP contribution in [-0.2, 0) is 13.1 Å². The van der Waals surface area contributed by atoms with Crippen molar-refractivity contribution in [1.29, 1.82) is 0 Å². The van der Waals surface area contributed by atoms with Gasteiger partial charge in [-0.05, 0) is 29.1 Å². The average Bonchev–Trinajstić information content (AvgIpc) is 3.43. The number of anilines is 2. The molecular formula is C27H32N8OS. The van der Waals surface area contributed by atoms with Gasteiger partial charge in [0.25, 0.3) is 0 Å². The summed E-state index contributed by atoms with van der Waals surface area (Å²) in [6.07, 6.45) is 5.33. The van der Waals surface area contributed by atoms with Crippen LogP contribution in [0.5, 0.6) is 5.75 Å². The van der Waals surface area contributed by atoms with Crippen LogP contribution in [0.15, 0.2) is 54.3 Å². The van der Waals surface area contributed by atoms with Crippen LogP contribution in [0.2, 0.25) is 0 Å². The Hall–Kier alpha value is -3.34. The molecule has 9 nitrogen and oxygen atoms in total. The predicted molar refractivity (Wildman–Crippen MR) is 147 cm³/mol. The monoisotopic (exact) mass is 516 g/mol. The summed E-state index contributed by atoms with van der Waals surface area (Å²) in [5, 5.41) is 2.13. The molecule has 0 atom stereocenters. The van der Waals surface area contributed by atoms with Gasteiger partial charge in [-0.1, -0.05) is 12.1 Å². The number of hydrogen-bond acceptors (Lipinski definition) is 10. The topological polar surface area (TPSA) is 73.8 Å². The minimum Gasteiger partial charge on any atom is -0.497 e. The fourth-order valence-electron chi connectivity index (χ4n) is 5.09. The second kappa shape index (κ2) is 11.0. The number of aromatic nitrogens is 4. The van der Waals surface area contributed by atoms with Gasteiger partial charge in [0.2, 0.25) is 5.95 Å². The molecule has 0 aliphatic carbocycles. The lowest BCUT2D eigenvalue weighted by atomic mass is 10.2. The van der Waals surface area contributed by atoms with E-state index in [4.69, 9.17) is 14.7 Å². The first-order valence-corrected chi connectivity index (χ1v) is 13.7. The molecule has 0 N–H and O–H groups in total. The molecule has 0 spiro atoms. The van der Waals surface area contributed by atoms with Crippen molar-refractivity contribution in [2.45, 2.75) is 13.1 Å². The van der Waals surface area contributed by atoms with Crippen molar-refractivity contribution in [2.75, 3.05) is 69.3 Å². The van der Waals surface area contributed by atoms with E-state index in [0.29, 0.717) is 0 Å². The summed E-state index contributed by atoms with van der Waals surface area (Å²) < 4.78 is 6.58. The summed E-state index contributed by atoms with van der Waals surface area (Å²) in [4.78, 5) is 28.4. The van der Waals surface area contributed by atoms with E-state index in [2.05, 4.69) is 59.2 Å². The minimum atomic E-state index is 0.831. The van der Waals surface area contributed by atoms with Gasteiger partial charge in [-0.25, -0.2) is 4.98 Å². The number of nitrogens with zero attached hydrogens (tertiary/aromatic N) is 8. The van der Waals surface area contributed by atoms with Crippen molar-refractivity contribution >= 4 is 33.3 Å². The Morgan fingerprint density at radius 1 is 0.865 bits per heavy atom. The molecule has 0 amide bonds. The van der Waals surface area contributed by atoms with Crippen molar-refractivity contribution in [1.82, 2.24) is 29.7 Å². The van der Waals surface area contributed by atoms with E-state index < -0.39 is 0 Å². The van der Waals surface area contributed by atoms with Gasteiger partial charge < -0.3 is 14.5 Å². The van der Waals surface area contributed by atoms with Crippen LogP contribution in [0.25, 0.3) is 10.2 Å². The number of rotatable bonds is 7. The van der Waals surface area contributed by atoms with Gasteiger partial charge in [-0.15, -0.1) is 11.3 Å². The maximum absolute atomic E-state index is 5.39. The molecule has 3 aromatic heterocycles. The SMILES string of the molecule is COc1cccc(CN2CCN(c3nc(N4CCN(Cc5cnccn5)CC4)nc4ccsc34)CC2)c1. The molecule has 37 heavy (non-hydrogen) atoms. The van der Waals surface area contributed by atoms with Crippen molar-refractivity contribution in [3.8, 4) is 5.75 Å². The van der Waals surface area contributed by atoms with Crippen LogP contribution in [0.4, 0.5) is 11.8 Å². The second-order valence-corrected chi connectivity index (χ2v) is 10.5. The number of hydrogen-bond donors (Lipinski definition) is 0. The van der Waals surface area contributed by atoms with Crippen LogP contribution in [0.3, 0.4) is 0 Å². The molecule has 1 aromatic carbocycles. The van der Waals surface area contributed by atoms with Crippen molar-refractivity contribution in [3.05, 3.63) is 65.6 Å². The highest BCUT2D eigenvalue weighted by atomic mass is 32.1. The van der Waals surface area contributed by atoms with Gasteiger partial charge in [0.1, 0.15) is 5.75 Å². The fourth-order valence-corrected chi connectivity index (χ4v) is 5.93. The van der Waals surface area contributed by atoms with Crippen LogP contribution in [-0.4, -0.2) is 89.2 Å². The Morgan fingerprint density at radius 3 is 2.41 bits per heavy atom. The van der Waals surface area contributed by atoms with E-state index in [9.17, 15) is 0 Å². The number of piperazine rings is 2. The van der Waals surface area contributed by atoms with E-state index in [1.807, 2.05) is 12.3 Å². The summed E-state index contributed by atoms with van der Waals surface area (Å²) in [5.41, 5.74) is 3.35. The highest BCUT2D eigenvalue weighted by Gasteiger charge is 2.25. The van der Waals surface area contributed by atoms with Gasteiger partial charge in [0.15, 0.2) is 5.82 Å². The first-order chi connectivity index (χ1) is 18.2. The van der Waals surface area contributed by atoms with Gasteiger partial charge in [-0.3, -0.25) is 19.8 Å². The first-order valence-electron chi connectivity index (χ1n) is 12.8. The molecule has 2 saturated heterocycles. The standard InChI is InChI=1S/C27H32N8OS/c1-36-23-4-2-3-21(17-23)19-32-8-12-34(13-9-32)26-25-24(5-16-37-25)30-27(31-26)35-14-10-33(11-15-35)20-22-18-28-6-7-29-22/h2-7,16-18H,8-15,19-20H2,1H3. The van der Waals surface area contributed by atoms with Crippen LogP contribution >= 0.6 is 11.3 Å². The number of ether oxygens (including phenoxy) is 1. The fraction of sp³-hybridized carbons (Fsp3) is 0.407. The third-order valence-electron chi connectivity index (χ3n) is 7.14. The zero-order valence-electron chi connectivity index (χ0n) is 21.2. The zero-order valence-corrected chi connectivity index (χ0v) is 22.0. The smallest absolute Gasteiger partial charge is 0.228 e. The maximum Gasteiger partial charge on any atom is 0.228 e. The Labute approximate surface area is 221 Å². The summed E-state index contributed by atoms with van der Waals surface area (Å²) in [5.74, 6) is 2.84. The summed E-state index contributed by atoms with van der Waals surface area (Å²) >= 11 is 1.74. The molecule has 6 rings (SSSR count). The Kier molecular flexibility index (Phi) is 7.11. The van der Waals surface area contributed by atoms with E-state index in [-0.39, 0.29) is 0 Å². The van der Waals surface area contributed by atoms with E-state index >= 15 is 0 Å². The molecule has 10 heteroatoms. The van der Waals surface area contributed by atoms with Gasteiger partial charge in [0.05, 0.1) is 23.0 Å². The Balaban J connectivity index is 1.11. The lowest BCUT2D eigenvalue weighted by Gasteiger charge is -2.37. The van der Waals surface area contributed by atoms with E-state index in [1.165, 1.54) is 10.3 Å². The quantitative estimate of drug-likeness (QED) is 0.368. The molecule has 0 saturated carbocycles. The van der Waals surface area contributed by atoms with Crippen LogP contribution in [0.1, 0.15) is 11.3 Å². The number of methoxy groups -OCH3 is 1. The normalized spacial score (nSPS) is 17.4. The molecule has 0 bridgehead atoms. The number of fused-ring (bicyclic) bond motifs is 1. The Bertz CT molecular complexity index is 1320. The predicted octanol–water partition coefficient (Wildman–Crippen LogP) is 3.13. The molecule has 2 aliphatic rings. The third kappa shape index (κ3) is 5.51. The van der Waals surface area contributed by atoms with E-state index in [0.717, 1.165) is 94.2 Å². The first kappa shape index (κ1) is 24.0. The third-order valence-corrected chi connectivity index (χ3v) is 8.04. The molecule has 4 aromatic rings. The molecular weight excluding hydrogens is 484 g/mol. The summed E-state index contributed by atoms with van der Waals surface area (Å²) in [7, 11) is 1.72. The second-order valence-electron chi connectivity index (χ2n) is 9.56. The summed E-state index contributed by atoms with van der Waals surface area (Å²) in [6, 6.07) is 10.5. The molecule has 2 fully saturated rings. The molecule has 5 heterocycles. The minimum absolute atomic E-state index is 0.831. The molecule has 0 radical (unpaired) electrons. The lowest BCUT2D eigenvalue weighted by Crippen LogP contribution is -2.47. The highest BCUT2D eigenvalue weighted by Crippen LogP contribution is 2.32. The molecule has 192 valence electrons. The summed E-state index contributed by atoms with van der Waals surface area (Å²) in [6.45, 7) is 9.42. The van der Waals surface area contributed by atoms with Crippen molar-refractivity contribution in [3.63, 3.8) is 0 Å². The molecule has 2 aliphatic heterocycles. The lowest BCUT2D eigenvalue weighted by molar-refractivity contribution is 0.245. The van der Waals surface area contributed by atoms with Crippen molar-refractivity contribution in [2.24, 2.45) is 0 Å². The van der Waals surface area contributed by atoms with E-state index in [1.54, 1.807) is 30.8 Å². The van der Waals surface area contributed by atoms with Crippen LogP contribution < -0.4 is 14.5 Å². The van der Waals surface area contributed by atoms with Crippen LogP contribution in [0, 0.1) is 0 Å². The maximum atomic E-state index is 5.39. The van der Waals surface area contributed by atoms with Gasteiger partial charge >= 0.3 is 0 Å². The Morgan fingerprint density at radius 2 is 1.65 bits per heavy atom. The van der Waals surface area contributed by atoms with Crippen molar-refractivity contribution < 1.29 is 4.74 Å². The largest absolute Gasteiger partial charge is 0.497 e. The van der Waals surface area contributed by atoms with Gasteiger partial charge in [-0.2, -0.15) is 4.98 Å². The average molecular weight is 517 g/mol. The number of thiophene rings is 1.